The van der Waals surface area contributed by atoms with Crippen LogP contribution in [0.15, 0.2) is 17.9 Å². The number of ketones is 2. The molecular weight excluding hydrogens is 432 g/mol. The number of allylic oxidation sites excluding steroid dienone is 1. The van der Waals surface area contributed by atoms with Gasteiger partial charge in [0.15, 0.2) is 17.3 Å². The average Bonchev–Trinajstić information content (AvgIpc) is 2.64. The molecule has 1 aromatic rings. The molecule has 0 saturated heterocycles. The van der Waals surface area contributed by atoms with E-state index in [9.17, 15) is 29.4 Å². The van der Waals surface area contributed by atoms with Crippen LogP contribution in [0.4, 0.5) is 0 Å². The SMILES string of the molecule is COc1cc(C(=O)NNC(=O)C(C)(C)O)c(Cl)c2c1C(=O)[C@H]1C(O)=CC(=O)C[C@]1(C)O2. The maximum absolute atomic E-state index is 13.2. The molecule has 2 atom stereocenters. The van der Waals surface area contributed by atoms with Crippen molar-refractivity contribution in [2.24, 2.45) is 5.92 Å². The highest BCUT2D eigenvalue weighted by Crippen LogP contribution is 2.50. The Labute approximate surface area is 182 Å². The third-order valence-corrected chi connectivity index (χ3v) is 5.45. The summed E-state index contributed by atoms with van der Waals surface area (Å²) in [4.78, 5) is 49.5. The quantitative estimate of drug-likeness (QED) is 0.500. The Balaban J connectivity index is 2.05. The summed E-state index contributed by atoms with van der Waals surface area (Å²) in [6.45, 7) is 3.95. The second-order valence-corrected chi connectivity index (χ2v) is 8.41. The van der Waals surface area contributed by atoms with E-state index in [-0.39, 0.29) is 34.1 Å². The molecule has 166 valence electrons. The first kappa shape index (κ1) is 22.6. The van der Waals surface area contributed by atoms with Crippen molar-refractivity contribution >= 4 is 35.0 Å². The van der Waals surface area contributed by atoms with E-state index in [1.54, 1.807) is 0 Å². The molecule has 1 aliphatic carbocycles. The fourth-order valence-corrected chi connectivity index (χ4v) is 3.82. The molecule has 10 nitrogen and oxygen atoms in total. The monoisotopic (exact) mass is 452 g/mol. The van der Waals surface area contributed by atoms with Crippen molar-refractivity contribution in [1.29, 1.82) is 0 Å². The number of aliphatic hydroxyl groups is 2. The van der Waals surface area contributed by atoms with Gasteiger partial charge < -0.3 is 19.7 Å². The Kier molecular flexibility index (Phi) is 5.49. The third kappa shape index (κ3) is 3.84. The van der Waals surface area contributed by atoms with E-state index in [0.717, 1.165) is 6.08 Å². The van der Waals surface area contributed by atoms with Gasteiger partial charge in [-0.3, -0.25) is 30.0 Å². The Morgan fingerprint density at radius 1 is 1.32 bits per heavy atom. The van der Waals surface area contributed by atoms with Crippen LogP contribution in [0, 0.1) is 5.92 Å². The summed E-state index contributed by atoms with van der Waals surface area (Å²) in [6, 6.07) is 1.19. The molecule has 2 amide bonds. The first-order chi connectivity index (χ1) is 14.3. The summed E-state index contributed by atoms with van der Waals surface area (Å²) in [6.07, 6.45) is 0.795. The van der Waals surface area contributed by atoms with Crippen LogP contribution in [0.5, 0.6) is 11.5 Å². The van der Waals surface area contributed by atoms with Gasteiger partial charge in [-0.15, -0.1) is 0 Å². The van der Waals surface area contributed by atoms with Crippen LogP contribution >= 0.6 is 11.6 Å². The molecule has 1 heterocycles. The Morgan fingerprint density at radius 2 is 1.97 bits per heavy atom. The normalized spacial score (nSPS) is 22.5. The highest BCUT2D eigenvalue weighted by Gasteiger charge is 2.53. The number of rotatable bonds is 3. The maximum atomic E-state index is 13.2. The van der Waals surface area contributed by atoms with E-state index in [1.807, 2.05) is 0 Å². The molecule has 0 aromatic heterocycles. The van der Waals surface area contributed by atoms with E-state index in [0.29, 0.717) is 0 Å². The second kappa shape index (κ2) is 7.54. The molecule has 0 bridgehead atoms. The van der Waals surface area contributed by atoms with Gasteiger partial charge in [0.05, 0.1) is 24.1 Å². The maximum Gasteiger partial charge on any atom is 0.271 e. The predicted octanol–water partition coefficient (Wildman–Crippen LogP) is 1.25. The molecule has 0 unspecified atom stereocenters. The van der Waals surface area contributed by atoms with E-state index in [2.05, 4.69) is 10.9 Å². The second-order valence-electron chi connectivity index (χ2n) is 8.04. The van der Waals surface area contributed by atoms with Gasteiger partial charge in [0.25, 0.3) is 11.8 Å². The van der Waals surface area contributed by atoms with Crippen molar-refractivity contribution in [3.8, 4) is 11.5 Å². The number of carbonyl (C=O) groups is 4. The number of Topliss-reactive ketones (excluding diaryl/α,β-unsaturated/α-hetero) is 1. The number of benzene rings is 1. The Hall–Kier alpha value is -3.11. The molecule has 2 aliphatic rings. The van der Waals surface area contributed by atoms with Gasteiger partial charge in [-0.25, -0.2) is 0 Å². The summed E-state index contributed by atoms with van der Waals surface area (Å²) in [5.74, 6) is -4.54. The predicted molar refractivity (Wildman–Crippen MR) is 107 cm³/mol. The lowest BCUT2D eigenvalue weighted by Crippen LogP contribution is -2.53. The Morgan fingerprint density at radius 3 is 2.55 bits per heavy atom. The largest absolute Gasteiger partial charge is 0.511 e. The van der Waals surface area contributed by atoms with Gasteiger partial charge in [-0.05, 0) is 26.8 Å². The number of fused-ring (bicyclic) bond motifs is 2. The minimum Gasteiger partial charge on any atom is -0.511 e. The van der Waals surface area contributed by atoms with Crippen LogP contribution in [0.2, 0.25) is 5.02 Å². The van der Waals surface area contributed by atoms with Crippen LogP contribution in [0.3, 0.4) is 0 Å². The van der Waals surface area contributed by atoms with Crippen molar-refractivity contribution in [3.63, 3.8) is 0 Å². The highest BCUT2D eigenvalue weighted by molar-refractivity contribution is 6.36. The lowest BCUT2D eigenvalue weighted by molar-refractivity contribution is -0.137. The zero-order chi connectivity index (χ0) is 23.3. The van der Waals surface area contributed by atoms with E-state index in [4.69, 9.17) is 21.1 Å². The van der Waals surface area contributed by atoms with Crippen molar-refractivity contribution in [1.82, 2.24) is 10.9 Å². The number of hydrogen-bond donors (Lipinski definition) is 4. The highest BCUT2D eigenvalue weighted by atomic mass is 35.5. The van der Waals surface area contributed by atoms with Crippen LogP contribution in [0.1, 0.15) is 47.9 Å². The zero-order valence-corrected chi connectivity index (χ0v) is 17.9. The van der Waals surface area contributed by atoms with Crippen LogP contribution in [-0.4, -0.2) is 51.9 Å². The molecule has 0 fully saturated rings. The van der Waals surface area contributed by atoms with Crippen molar-refractivity contribution in [2.75, 3.05) is 7.11 Å². The molecular formula is C20H21ClN2O8. The summed E-state index contributed by atoms with van der Waals surface area (Å²) in [7, 11) is 1.27. The topological polar surface area (TPSA) is 151 Å². The van der Waals surface area contributed by atoms with E-state index in [1.165, 1.54) is 33.9 Å². The van der Waals surface area contributed by atoms with Gasteiger partial charge in [0.1, 0.15) is 34.2 Å². The third-order valence-electron chi connectivity index (χ3n) is 5.08. The molecule has 31 heavy (non-hydrogen) atoms. The zero-order valence-electron chi connectivity index (χ0n) is 17.2. The molecule has 11 heteroatoms. The summed E-state index contributed by atoms with van der Waals surface area (Å²) in [5, 5.41) is 19.6. The average molecular weight is 453 g/mol. The molecule has 0 spiro atoms. The molecule has 1 aromatic carbocycles. The van der Waals surface area contributed by atoms with Gasteiger partial charge in [0.2, 0.25) is 0 Å². The number of ether oxygens (including phenoxy) is 2. The van der Waals surface area contributed by atoms with E-state index < -0.39 is 46.3 Å². The van der Waals surface area contributed by atoms with Crippen LogP contribution < -0.4 is 20.3 Å². The Bertz CT molecular complexity index is 1040. The summed E-state index contributed by atoms with van der Waals surface area (Å²) < 4.78 is 11.2. The number of hydrazine groups is 1. The number of amides is 2. The molecule has 3 rings (SSSR count). The standard InChI is InChI=1S/C20H21ClN2O8/c1-19(2,29)18(28)23-22-17(27)9-6-11(30-4)12-15(26)13-10(25)5-8(24)7-20(13,3)31-16(12)14(9)21/h5-6,13,25,29H,7H2,1-4H3,(H,22,27)(H,23,28)/t13-,20+/m1/s1. The summed E-state index contributed by atoms with van der Waals surface area (Å²) >= 11 is 6.37. The fourth-order valence-electron chi connectivity index (χ4n) is 3.54. The molecule has 4 N–H and O–H groups in total. The van der Waals surface area contributed by atoms with Gasteiger partial charge in [-0.1, -0.05) is 11.6 Å². The fraction of sp³-hybridized carbons (Fsp3) is 0.400. The van der Waals surface area contributed by atoms with Crippen molar-refractivity contribution in [2.45, 2.75) is 38.4 Å². The van der Waals surface area contributed by atoms with Crippen molar-refractivity contribution in [3.05, 3.63) is 34.1 Å². The number of aliphatic hydroxyl groups excluding tert-OH is 1. The smallest absolute Gasteiger partial charge is 0.271 e. The minimum absolute atomic E-state index is 0.0462. The van der Waals surface area contributed by atoms with Gasteiger partial charge in [0, 0.05) is 6.08 Å². The van der Waals surface area contributed by atoms with Crippen molar-refractivity contribution < 1.29 is 38.9 Å². The van der Waals surface area contributed by atoms with Gasteiger partial charge >= 0.3 is 0 Å². The van der Waals surface area contributed by atoms with Gasteiger partial charge in [-0.2, -0.15) is 0 Å². The lowest BCUT2D eigenvalue weighted by Gasteiger charge is -2.43. The minimum atomic E-state index is -1.74. The van der Waals surface area contributed by atoms with Crippen LogP contribution in [0.25, 0.3) is 0 Å². The van der Waals surface area contributed by atoms with E-state index >= 15 is 0 Å². The lowest BCUT2D eigenvalue weighted by atomic mass is 9.73. The number of nitrogens with one attached hydrogen (secondary N) is 2. The number of halogens is 1. The number of methoxy groups -OCH3 is 1. The number of carbonyl (C=O) groups excluding carboxylic acids is 4. The number of hydrogen-bond acceptors (Lipinski definition) is 8. The molecule has 0 radical (unpaired) electrons. The van der Waals surface area contributed by atoms with Crippen LogP contribution in [-0.2, 0) is 9.59 Å². The molecule has 0 saturated carbocycles. The first-order valence-electron chi connectivity index (χ1n) is 9.20. The summed E-state index contributed by atoms with van der Waals surface area (Å²) in [5.41, 5.74) is 0.738. The molecule has 1 aliphatic heterocycles. The first-order valence-corrected chi connectivity index (χ1v) is 9.58.